The van der Waals surface area contributed by atoms with Gasteiger partial charge in [0, 0.05) is 24.3 Å². The molecule has 7 heteroatoms. The van der Waals surface area contributed by atoms with E-state index < -0.39 is 0 Å². The van der Waals surface area contributed by atoms with Crippen molar-refractivity contribution < 1.29 is 9.53 Å². The molecule has 0 spiro atoms. The van der Waals surface area contributed by atoms with Gasteiger partial charge in [0.2, 0.25) is 5.82 Å². The number of aromatic amines is 1. The van der Waals surface area contributed by atoms with E-state index in [2.05, 4.69) is 25.9 Å². The Morgan fingerprint density at radius 1 is 1.43 bits per heavy atom. The highest BCUT2D eigenvalue weighted by atomic mass is 16.5. The molecular weight excluding hydrogens is 294 g/mol. The van der Waals surface area contributed by atoms with Crippen LogP contribution in [0.2, 0.25) is 0 Å². The molecule has 1 aromatic carbocycles. The average Bonchev–Trinajstić information content (AvgIpc) is 3.29. The molecule has 1 aromatic heterocycles. The molecule has 1 saturated carbocycles. The van der Waals surface area contributed by atoms with Gasteiger partial charge in [0.05, 0.1) is 5.60 Å². The second-order valence-corrected chi connectivity index (χ2v) is 6.29. The lowest BCUT2D eigenvalue weighted by atomic mass is 9.91. The maximum absolute atomic E-state index is 12.5. The molecule has 7 nitrogen and oxygen atoms in total. The van der Waals surface area contributed by atoms with Crippen molar-refractivity contribution in [2.24, 2.45) is 5.92 Å². The summed E-state index contributed by atoms with van der Waals surface area (Å²) in [6.07, 6.45) is 4.56. The Kier molecular flexibility index (Phi) is 3.57. The van der Waals surface area contributed by atoms with Gasteiger partial charge in [-0.05, 0) is 42.5 Å². The molecule has 2 aromatic rings. The standard InChI is InChI=1S/C16H19N5O2/c22-15(17-10-16-7-2-5-13(16)6-8-23-16)12-4-1-3-11(9-12)14-18-20-21-19-14/h1,3-4,9,13H,2,5-8,10H2,(H,17,22)(H,18,19,20,21)/t13-,16+/m0/s1. The van der Waals surface area contributed by atoms with E-state index in [1.54, 1.807) is 12.1 Å². The molecule has 0 bridgehead atoms. The zero-order valence-corrected chi connectivity index (χ0v) is 12.8. The van der Waals surface area contributed by atoms with Crippen LogP contribution in [0.5, 0.6) is 0 Å². The van der Waals surface area contributed by atoms with Crippen LogP contribution in [0.4, 0.5) is 0 Å². The molecule has 0 unspecified atom stereocenters. The van der Waals surface area contributed by atoms with Gasteiger partial charge < -0.3 is 10.1 Å². The highest BCUT2D eigenvalue weighted by Gasteiger charge is 2.47. The highest BCUT2D eigenvalue weighted by molar-refractivity contribution is 5.95. The molecule has 2 heterocycles. The van der Waals surface area contributed by atoms with Crippen LogP contribution in [0.1, 0.15) is 36.0 Å². The van der Waals surface area contributed by atoms with Crippen molar-refractivity contribution in [1.29, 1.82) is 0 Å². The fraction of sp³-hybridized carbons (Fsp3) is 0.500. The van der Waals surface area contributed by atoms with Gasteiger partial charge in [-0.15, -0.1) is 10.2 Å². The first-order valence-corrected chi connectivity index (χ1v) is 8.03. The van der Waals surface area contributed by atoms with E-state index >= 15 is 0 Å². The molecule has 23 heavy (non-hydrogen) atoms. The Morgan fingerprint density at radius 2 is 2.39 bits per heavy atom. The Bertz CT molecular complexity index is 690. The number of hydrogen-bond donors (Lipinski definition) is 2. The number of nitrogens with zero attached hydrogens (tertiary/aromatic N) is 3. The number of hydrogen-bond acceptors (Lipinski definition) is 5. The van der Waals surface area contributed by atoms with Gasteiger partial charge in [-0.25, -0.2) is 0 Å². The number of H-pyrrole nitrogens is 1. The first kappa shape index (κ1) is 14.3. The largest absolute Gasteiger partial charge is 0.373 e. The Balaban J connectivity index is 1.46. The third kappa shape index (κ3) is 2.61. The van der Waals surface area contributed by atoms with E-state index in [0.717, 1.165) is 25.0 Å². The fourth-order valence-corrected chi connectivity index (χ4v) is 3.82. The van der Waals surface area contributed by atoms with E-state index in [0.29, 0.717) is 23.9 Å². The summed E-state index contributed by atoms with van der Waals surface area (Å²) < 4.78 is 5.99. The number of fused-ring (bicyclic) bond motifs is 1. The number of rotatable bonds is 4. The van der Waals surface area contributed by atoms with Crippen molar-refractivity contribution >= 4 is 5.91 Å². The summed E-state index contributed by atoms with van der Waals surface area (Å²) in [6.45, 7) is 1.40. The van der Waals surface area contributed by atoms with Crippen molar-refractivity contribution in [2.45, 2.75) is 31.3 Å². The monoisotopic (exact) mass is 313 g/mol. The van der Waals surface area contributed by atoms with Crippen LogP contribution in [0.15, 0.2) is 24.3 Å². The van der Waals surface area contributed by atoms with E-state index in [1.807, 2.05) is 12.1 Å². The molecule has 120 valence electrons. The Labute approximate surface area is 133 Å². The van der Waals surface area contributed by atoms with Crippen LogP contribution in [0, 0.1) is 5.92 Å². The van der Waals surface area contributed by atoms with E-state index in [9.17, 15) is 4.79 Å². The Hall–Kier alpha value is -2.28. The summed E-state index contributed by atoms with van der Waals surface area (Å²) in [6, 6.07) is 7.24. The SMILES string of the molecule is O=C(NC[C@]12CCC[C@H]1CCO2)c1cccc(-c2nn[nH]n2)c1. The maximum Gasteiger partial charge on any atom is 0.251 e. The fourth-order valence-electron chi connectivity index (χ4n) is 3.82. The minimum atomic E-state index is -0.138. The van der Waals surface area contributed by atoms with E-state index in [1.165, 1.54) is 12.8 Å². The third-order valence-corrected chi connectivity index (χ3v) is 5.03. The van der Waals surface area contributed by atoms with Crippen molar-refractivity contribution in [3.05, 3.63) is 29.8 Å². The predicted octanol–water partition coefficient (Wildman–Crippen LogP) is 1.56. The second-order valence-electron chi connectivity index (χ2n) is 6.29. The van der Waals surface area contributed by atoms with Gasteiger partial charge in [-0.2, -0.15) is 5.21 Å². The van der Waals surface area contributed by atoms with Crippen molar-refractivity contribution in [1.82, 2.24) is 25.9 Å². The van der Waals surface area contributed by atoms with Crippen LogP contribution in [0.25, 0.3) is 11.4 Å². The Morgan fingerprint density at radius 3 is 3.26 bits per heavy atom. The minimum absolute atomic E-state index is 0.0918. The van der Waals surface area contributed by atoms with Crippen LogP contribution in [0.3, 0.4) is 0 Å². The van der Waals surface area contributed by atoms with E-state index in [4.69, 9.17) is 4.74 Å². The van der Waals surface area contributed by atoms with Gasteiger partial charge in [0.25, 0.3) is 5.91 Å². The molecular formula is C16H19N5O2. The van der Waals surface area contributed by atoms with Gasteiger partial charge in [-0.1, -0.05) is 18.6 Å². The normalized spacial score (nSPS) is 26.2. The van der Waals surface area contributed by atoms with Crippen LogP contribution in [-0.2, 0) is 4.74 Å². The molecule has 1 saturated heterocycles. The van der Waals surface area contributed by atoms with Crippen LogP contribution < -0.4 is 5.32 Å². The van der Waals surface area contributed by atoms with E-state index in [-0.39, 0.29) is 11.5 Å². The first-order valence-electron chi connectivity index (χ1n) is 8.03. The van der Waals surface area contributed by atoms with Crippen molar-refractivity contribution in [2.75, 3.05) is 13.2 Å². The number of benzene rings is 1. The minimum Gasteiger partial charge on any atom is -0.373 e. The molecule has 1 aliphatic carbocycles. The number of aromatic nitrogens is 4. The molecule has 0 radical (unpaired) electrons. The van der Waals surface area contributed by atoms with Crippen molar-refractivity contribution in [3.63, 3.8) is 0 Å². The molecule has 1 amide bonds. The summed E-state index contributed by atoms with van der Waals surface area (Å²) in [5, 5.41) is 16.9. The first-order chi connectivity index (χ1) is 11.3. The molecule has 2 atom stereocenters. The van der Waals surface area contributed by atoms with Gasteiger partial charge in [0.15, 0.2) is 0 Å². The lowest BCUT2D eigenvalue weighted by molar-refractivity contribution is -0.00645. The number of carbonyl (C=O) groups excluding carboxylic acids is 1. The summed E-state index contributed by atoms with van der Waals surface area (Å²) in [5.41, 5.74) is 1.22. The second kappa shape index (κ2) is 5.73. The number of nitrogens with one attached hydrogen (secondary N) is 2. The third-order valence-electron chi connectivity index (χ3n) is 5.03. The van der Waals surface area contributed by atoms with Crippen LogP contribution in [-0.4, -0.2) is 45.3 Å². The molecule has 1 aliphatic heterocycles. The molecule has 4 rings (SSSR count). The summed E-state index contributed by atoms with van der Waals surface area (Å²) in [7, 11) is 0. The molecule has 2 N–H and O–H groups in total. The number of carbonyl (C=O) groups is 1. The summed E-state index contributed by atoms with van der Waals surface area (Å²) in [4.78, 5) is 12.5. The zero-order valence-electron chi connectivity index (χ0n) is 12.8. The molecule has 2 aliphatic rings. The highest BCUT2D eigenvalue weighted by Crippen LogP contribution is 2.44. The lowest BCUT2D eigenvalue weighted by Crippen LogP contribution is -2.44. The lowest BCUT2D eigenvalue weighted by Gasteiger charge is -2.28. The predicted molar refractivity (Wildman–Crippen MR) is 82.6 cm³/mol. The van der Waals surface area contributed by atoms with Crippen molar-refractivity contribution in [3.8, 4) is 11.4 Å². The number of tetrazole rings is 1. The van der Waals surface area contributed by atoms with Gasteiger partial charge >= 0.3 is 0 Å². The quantitative estimate of drug-likeness (QED) is 0.893. The topological polar surface area (TPSA) is 92.8 Å². The van der Waals surface area contributed by atoms with Gasteiger partial charge in [0.1, 0.15) is 0 Å². The summed E-state index contributed by atoms with van der Waals surface area (Å²) >= 11 is 0. The van der Waals surface area contributed by atoms with Crippen LogP contribution >= 0.6 is 0 Å². The smallest absolute Gasteiger partial charge is 0.251 e. The van der Waals surface area contributed by atoms with Gasteiger partial charge in [-0.3, -0.25) is 4.79 Å². The molecule has 2 fully saturated rings. The zero-order chi connectivity index (χ0) is 15.7. The average molecular weight is 313 g/mol. The number of amides is 1. The number of ether oxygens (including phenoxy) is 1. The summed E-state index contributed by atoms with van der Waals surface area (Å²) in [5.74, 6) is 0.979. The maximum atomic E-state index is 12.5.